The third kappa shape index (κ3) is 2.44. The van der Waals surface area contributed by atoms with E-state index in [1.165, 1.54) is 12.8 Å². The van der Waals surface area contributed by atoms with Crippen molar-refractivity contribution in [3.05, 3.63) is 0 Å². The molecule has 0 unspecified atom stereocenters. The normalized spacial score (nSPS) is 17.4. The van der Waals surface area contributed by atoms with Crippen LogP contribution < -0.4 is 15.6 Å². The van der Waals surface area contributed by atoms with E-state index in [2.05, 4.69) is 20.2 Å². The maximum Gasteiger partial charge on any atom is 0.246 e. The predicted octanol–water partition coefficient (Wildman–Crippen LogP) is 0.815. The summed E-state index contributed by atoms with van der Waals surface area (Å²) in [6, 6.07) is 0. The van der Waals surface area contributed by atoms with Gasteiger partial charge in [-0.3, -0.25) is 5.10 Å². The lowest BCUT2D eigenvalue weighted by molar-refractivity contribution is 0.198. The first kappa shape index (κ1) is 12.9. The van der Waals surface area contributed by atoms with Gasteiger partial charge in [0.25, 0.3) is 0 Å². The Morgan fingerprint density at radius 3 is 2.70 bits per heavy atom. The lowest BCUT2D eigenvalue weighted by atomic mass is 10.4. The van der Waals surface area contributed by atoms with Crippen LogP contribution in [0.25, 0.3) is 11.0 Å². The summed E-state index contributed by atoms with van der Waals surface area (Å²) in [6.07, 6.45) is 2.56. The monoisotopic (exact) mass is 282 g/mol. The van der Waals surface area contributed by atoms with Crippen LogP contribution in [0, 0.1) is 0 Å². The number of nitrogens with one attached hydrogen (secondary N) is 1. The molecular weight excluding hydrogens is 267 g/mol. The molecule has 0 aliphatic carbocycles. The van der Waals surface area contributed by atoms with E-state index in [0.29, 0.717) is 22.0 Å². The molecule has 2 aliphatic rings. The minimum atomic E-state index is -0.00255. The lowest BCUT2D eigenvalue weighted by Gasteiger charge is -2.09. The molecule has 0 atom stereocenters. The molecule has 4 rings (SSSR count). The van der Waals surface area contributed by atoms with Gasteiger partial charge >= 0.3 is 0 Å². The molecule has 2 aromatic heterocycles. The summed E-state index contributed by atoms with van der Waals surface area (Å²) in [5.74, 6) is 0.399. The third-order valence-corrected chi connectivity index (χ3v) is 2.97. The molecular formula is C11H15FN6O2. The maximum atomic E-state index is 13.5. The van der Waals surface area contributed by atoms with E-state index < -0.39 is 0 Å². The number of aromatic amines is 1. The molecule has 8 nitrogen and oxygen atoms in total. The van der Waals surface area contributed by atoms with E-state index >= 15 is 0 Å². The van der Waals surface area contributed by atoms with Gasteiger partial charge in [0, 0.05) is 13.2 Å². The average molecular weight is 282 g/mol. The van der Waals surface area contributed by atoms with E-state index in [1.54, 1.807) is 0 Å². The minimum Gasteiger partial charge on any atom is -0.474 e. The van der Waals surface area contributed by atoms with Crippen LogP contribution >= 0.6 is 0 Å². The maximum absolute atomic E-state index is 13.5. The molecule has 0 spiro atoms. The molecule has 1 fully saturated rings. The number of anilines is 2. The van der Waals surface area contributed by atoms with Crippen molar-refractivity contribution in [2.45, 2.75) is 12.8 Å². The van der Waals surface area contributed by atoms with Gasteiger partial charge in [-0.1, -0.05) is 4.48 Å². The Morgan fingerprint density at radius 1 is 1.20 bits per heavy atom. The van der Waals surface area contributed by atoms with Crippen molar-refractivity contribution in [1.29, 1.82) is 0 Å². The number of aromatic nitrogens is 4. The fourth-order valence-electron chi connectivity index (χ4n) is 2.02. The Morgan fingerprint density at radius 2 is 2.00 bits per heavy atom. The van der Waals surface area contributed by atoms with E-state index in [-0.39, 0.29) is 24.9 Å². The third-order valence-electron chi connectivity index (χ3n) is 2.97. The number of nitrogens with two attached hydrogens (primary N) is 1. The average Bonchev–Trinajstić information content (AvgIpc) is 3.08. The molecule has 108 valence electrons. The number of H-pyrrole nitrogens is 1. The summed E-state index contributed by atoms with van der Waals surface area (Å²) in [7, 11) is 0. The number of halogens is 1. The largest absolute Gasteiger partial charge is 0.474 e. The van der Waals surface area contributed by atoms with Crippen LogP contribution in [0.3, 0.4) is 0 Å². The van der Waals surface area contributed by atoms with Crippen LogP contribution in [-0.4, -0.2) is 46.5 Å². The SMILES string of the molecule is C1CCOC1.Nc1nc2c3c(n[nH]c3n1)OCCN2F. The Kier molecular flexibility index (Phi) is 3.50. The Hall–Kier alpha value is -2.16. The van der Waals surface area contributed by atoms with Crippen molar-refractivity contribution in [1.82, 2.24) is 20.2 Å². The molecule has 3 N–H and O–H groups in total. The number of hydrogen-bond donors (Lipinski definition) is 2. The van der Waals surface area contributed by atoms with Gasteiger partial charge in [0.1, 0.15) is 12.0 Å². The lowest BCUT2D eigenvalue weighted by Crippen LogP contribution is -2.19. The molecule has 0 amide bonds. The van der Waals surface area contributed by atoms with Gasteiger partial charge < -0.3 is 15.2 Å². The van der Waals surface area contributed by atoms with Gasteiger partial charge in [-0.25, -0.2) is 0 Å². The van der Waals surface area contributed by atoms with Gasteiger partial charge in [0.05, 0.1) is 6.54 Å². The highest BCUT2D eigenvalue weighted by Crippen LogP contribution is 2.32. The first-order valence-corrected chi connectivity index (χ1v) is 6.41. The summed E-state index contributed by atoms with van der Waals surface area (Å²) < 4.78 is 23.7. The zero-order valence-electron chi connectivity index (χ0n) is 10.8. The van der Waals surface area contributed by atoms with Crippen LogP contribution in [0.5, 0.6) is 5.88 Å². The number of ether oxygens (including phenoxy) is 2. The van der Waals surface area contributed by atoms with Crippen LogP contribution in [0.1, 0.15) is 12.8 Å². The second-order valence-corrected chi connectivity index (χ2v) is 4.41. The fourth-order valence-corrected chi connectivity index (χ4v) is 2.02. The second kappa shape index (κ2) is 5.45. The highest BCUT2D eigenvalue weighted by molar-refractivity contribution is 5.92. The molecule has 1 saturated heterocycles. The minimum absolute atomic E-state index is 0.00255. The molecule has 9 heteroatoms. The van der Waals surface area contributed by atoms with Crippen molar-refractivity contribution < 1.29 is 14.0 Å². The van der Waals surface area contributed by atoms with Crippen molar-refractivity contribution >= 4 is 22.8 Å². The van der Waals surface area contributed by atoms with Gasteiger partial charge in [0.2, 0.25) is 11.8 Å². The summed E-state index contributed by atoms with van der Waals surface area (Å²) in [5.41, 5.74) is 5.81. The number of rotatable bonds is 0. The molecule has 0 saturated carbocycles. The van der Waals surface area contributed by atoms with Crippen molar-refractivity contribution in [2.24, 2.45) is 0 Å². The Labute approximate surface area is 114 Å². The first-order valence-electron chi connectivity index (χ1n) is 6.41. The predicted molar refractivity (Wildman–Crippen MR) is 70.1 cm³/mol. The zero-order valence-corrected chi connectivity index (χ0v) is 10.8. The summed E-state index contributed by atoms with van der Waals surface area (Å²) in [5, 5.41) is 7.37. The van der Waals surface area contributed by atoms with Crippen LogP contribution in [0.4, 0.5) is 16.2 Å². The highest BCUT2D eigenvalue weighted by Gasteiger charge is 2.23. The van der Waals surface area contributed by atoms with E-state index in [9.17, 15) is 4.48 Å². The molecule has 0 radical (unpaired) electrons. The van der Waals surface area contributed by atoms with Crippen LogP contribution in [0.2, 0.25) is 0 Å². The quantitative estimate of drug-likeness (QED) is 0.689. The van der Waals surface area contributed by atoms with Crippen LogP contribution in [-0.2, 0) is 4.74 Å². The van der Waals surface area contributed by atoms with Crippen molar-refractivity contribution in [2.75, 3.05) is 37.2 Å². The van der Waals surface area contributed by atoms with Gasteiger partial charge in [-0.05, 0) is 12.8 Å². The number of hydrogen-bond acceptors (Lipinski definition) is 7. The smallest absolute Gasteiger partial charge is 0.246 e. The molecule has 2 aliphatic heterocycles. The van der Waals surface area contributed by atoms with Gasteiger partial charge in [0.15, 0.2) is 11.5 Å². The van der Waals surface area contributed by atoms with Gasteiger partial charge in [-0.2, -0.15) is 15.1 Å². The molecule has 0 bridgehead atoms. The molecule has 4 heterocycles. The molecule has 20 heavy (non-hydrogen) atoms. The second-order valence-electron chi connectivity index (χ2n) is 4.41. The zero-order chi connectivity index (χ0) is 13.9. The standard InChI is InChI=1S/C7H7FN6O.C4H8O/c8-14-1-2-15-6-3-4(12-13-6)10-7(9)11-5(3)14;1-2-4-5-3-1/h1-2H2,(H3,9,10,11,12,13);1-4H2. The van der Waals surface area contributed by atoms with Gasteiger partial charge in [-0.15, -0.1) is 5.10 Å². The number of nitrogens with zero attached hydrogens (tertiary/aromatic N) is 4. The van der Waals surface area contributed by atoms with Crippen LogP contribution in [0.15, 0.2) is 0 Å². The van der Waals surface area contributed by atoms with Crippen molar-refractivity contribution in [3.8, 4) is 5.88 Å². The van der Waals surface area contributed by atoms with E-state index in [1.807, 2.05) is 0 Å². The van der Waals surface area contributed by atoms with E-state index in [4.69, 9.17) is 15.2 Å². The Bertz CT molecular complexity index is 592. The summed E-state index contributed by atoms with van der Waals surface area (Å²) in [4.78, 5) is 7.71. The Balaban J connectivity index is 0.000000205. The first-order chi connectivity index (χ1) is 9.75. The molecule has 0 aromatic carbocycles. The molecule has 2 aromatic rings. The highest BCUT2D eigenvalue weighted by atomic mass is 19.2. The number of nitrogen functional groups attached to an aromatic ring is 1. The fraction of sp³-hybridized carbons (Fsp3) is 0.545. The van der Waals surface area contributed by atoms with E-state index in [0.717, 1.165) is 13.2 Å². The summed E-state index contributed by atoms with van der Waals surface area (Å²) in [6.45, 7) is 2.29. The van der Waals surface area contributed by atoms with Crippen molar-refractivity contribution in [3.63, 3.8) is 0 Å². The summed E-state index contributed by atoms with van der Waals surface area (Å²) >= 11 is 0. The topological polar surface area (TPSA) is 102 Å².